The van der Waals surface area contributed by atoms with E-state index >= 15 is 0 Å². The van der Waals surface area contributed by atoms with E-state index < -0.39 is 0 Å². The monoisotopic (exact) mass is 254 g/mol. The first-order valence-corrected chi connectivity index (χ1v) is 5.25. The second-order valence-corrected chi connectivity index (χ2v) is 3.45. The van der Waals surface area contributed by atoms with Gasteiger partial charge < -0.3 is 0 Å². The van der Waals surface area contributed by atoms with Crippen LogP contribution in [0.1, 0.15) is 17.9 Å². The standard InChI is InChI=1S/C10H14N.Pd/c1-9(7-8-11)10-5-3-2-4-6-10;/h2-6,9H,1,7-8,11H2;. The number of nitrogens with two attached hydrogens (primary N) is 1. The second-order valence-electron chi connectivity index (χ2n) is 2.81. The predicted octanol–water partition coefficient (Wildman–Crippen LogP) is 2.08. The Hall–Kier alpha value is -0.158. The molecule has 69 valence electrons. The van der Waals surface area contributed by atoms with Crippen molar-refractivity contribution in [3.05, 3.63) is 35.9 Å². The average Bonchev–Trinajstić information content (AvgIpc) is 2.15. The van der Waals surface area contributed by atoms with Crippen molar-refractivity contribution in [2.24, 2.45) is 5.73 Å². The first-order valence-electron chi connectivity index (χ1n) is 4.15. The van der Waals surface area contributed by atoms with E-state index in [9.17, 15) is 0 Å². The summed E-state index contributed by atoms with van der Waals surface area (Å²) in [6.07, 6.45) is 1.06. The molecule has 0 fully saturated rings. The van der Waals surface area contributed by atoms with E-state index in [1.54, 1.807) is 0 Å². The van der Waals surface area contributed by atoms with Crippen LogP contribution >= 0.6 is 0 Å². The van der Waals surface area contributed by atoms with Gasteiger partial charge in [0.2, 0.25) is 0 Å². The molecule has 0 radical (unpaired) electrons. The summed E-state index contributed by atoms with van der Waals surface area (Å²) < 4.78 is 0. The van der Waals surface area contributed by atoms with Gasteiger partial charge in [-0.25, -0.2) is 0 Å². The van der Waals surface area contributed by atoms with Gasteiger partial charge in [0.15, 0.2) is 0 Å². The van der Waals surface area contributed by atoms with E-state index in [-0.39, 0.29) is 0 Å². The molecule has 0 saturated carbocycles. The Morgan fingerprint density at radius 2 is 1.92 bits per heavy atom. The van der Waals surface area contributed by atoms with Gasteiger partial charge in [-0.2, -0.15) is 0 Å². The summed E-state index contributed by atoms with van der Waals surface area (Å²) in [4.78, 5) is 1.03. The molecule has 0 aliphatic rings. The van der Waals surface area contributed by atoms with Gasteiger partial charge in [-0.05, 0) is 0 Å². The van der Waals surface area contributed by atoms with Crippen LogP contribution in [0, 0.1) is 0 Å². The zero-order valence-electron chi connectivity index (χ0n) is 6.98. The summed E-state index contributed by atoms with van der Waals surface area (Å²) in [6, 6.07) is 10.5. The van der Waals surface area contributed by atoms with Gasteiger partial charge in [-0.15, -0.1) is 0 Å². The van der Waals surface area contributed by atoms with Crippen molar-refractivity contribution in [2.75, 3.05) is 6.54 Å². The van der Waals surface area contributed by atoms with Crippen molar-refractivity contribution in [1.29, 1.82) is 0 Å². The molecule has 0 bridgehead atoms. The average molecular weight is 255 g/mol. The third-order valence-electron chi connectivity index (χ3n) is 1.94. The van der Waals surface area contributed by atoms with Crippen LogP contribution in [0.2, 0.25) is 4.89 Å². The molecule has 1 atom stereocenters. The number of rotatable bonds is 4. The van der Waals surface area contributed by atoms with E-state index in [1.165, 1.54) is 5.56 Å². The second kappa shape index (κ2) is 5.48. The van der Waals surface area contributed by atoms with Gasteiger partial charge in [0, 0.05) is 0 Å². The van der Waals surface area contributed by atoms with Crippen molar-refractivity contribution in [1.82, 2.24) is 0 Å². The molecule has 2 N–H and O–H groups in total. The Kier molecular flexibility index (Phi) is 4.53. The van der Waals surface area contributed by atoms with Gasteiger partial charge in [-0.1, -0.05) is 0 Å². The molecule has 0 aromatic heterocycles. The first kappa shape index (κ1) is 9.93. The van der Waals surface area contributed by atoms with Crippen LogP contribution in [0.3, 0.4) is 0 Å². The van der Waals surface area contributed by atoms with Crippen molar-refractivity contribution < 1.29 is 19.2 Å². The Balaban J connectivity index is 2.66. The first-order chi connectivity index (χ1) is 5.88. The fourth-order valence-electron chi connectivity index (χ4n) is 1.23. The zero-order chi connectivity index (χ0) is 8.81. The van der Waals surface area contributed by atoms with Crippen LogP contribution in [-0.2, 0) is 19.2 Å². The zero-order valence-corrected chi connectivity index (χ0v) is 8.53. The molecule has 0 aliphatic carbocycles. The fraction of sp³-hybridized carbons (Fsp3) is 0.400. The number of hydrogen-bond acceptors (Lipinski definition) is 1. The van der Waals surface area contributed by atoms with Crippen LogP contribution in [0.15, 0.2) is 30.3 Å². The SMILES string of the molecule is NCCC([CH2][Pd])c1ccccc1. The Labute approximate surface area is 84.8 Å². The minimum absolute atomic E-state index is 0.583. The van der Waals surface area contributed by atoms with Crippen LogP contribution < -0.4 is 5.73 Å². The Morgan fingerprint density at radius 1 is 1.25 bits per heavy atom. The summed E-state index contributed by atoms with van der Waals surface area (Å²) >= 11 is 3.24. The summed E-state index contributed by atoms with van der Waals surface area (Å²) in [6.45, 7) is 0.761. The third-order valence-corrected chi connectivity index (χ3v) is 2.71. The Morgan fingerprint density at radius 3 is 2.42 bits per heavy atom. The molecule has 1 aromatic rings. The van der Waals surface area contributed by atoms with E-state index in [0.717, 1.165) is 17.9 Å². The summed E-state index contributed by atoms with van der Waals surface area (Å²) in [7, 11) is 0. The molecular formula is C10H14NPd. The minimum atomic E-state index is 0.583. The van der Waals surface area contributed by atoms with Gasteiger partial charge >= 0.3 is 84.6 Å². The molecule has 0 amide bonds. The van der Waals surface area contributed by atoms with Gasteiger partial charge in [0.1, 0.15) is 0 Å². The quantitative estimate of drug-likeness (QED) is 0.818. The van der Waals surface area contributed by atoms with Crippen LogP contribution in [0.5, 0.6) is 0 Å². The van der Waals surface area contributed by atoms with E-state index in [4.69, 9.17) is 5.73 Å². The molecule has 0 spiro atoms. The topological polar surface area (TPSA) is 26.0 Å². The number of benzene rings is 1. The molecule has 12 heavy (non-hydrogen) atoms. The maximum atomic E-state index is 5.53. The van der Waals surface area contributed by atoms with E-state index in [2.05, 4.69) is 43.5 Å². The summed E-state index contributed by atoms with van der Waals surface area (Å²) in [5.41, 5.74) is 6.91. The molecule has 0 saturated heterocycles. The summed E-state index contributed by atoms with van der Waals surface area (Å²) in [5, 5.41) is 0. The predicted molar refractivity (Wildman–Crippen MR) is 47.7 cm³/mol. The van der Waals surface area contributed by atoms with Crippen molar-refractivity contribution in [3.63, 3.8) is 0 Å². The maximum absolute atomic E-state index is 5.53. The fourth-order valence-corrected chi connectivity index (χ4v) is 1.92. The van der Waals surface area contributed by atoms with Crippen molar-refractivity contribution in [2.45, 2.75) is 17.2 Å². The van der Waals surface area contributed by atoms with E-state index in [0.29, 0.717) is 5.92 Å². The number of hydrogen-bond donors (Lipinski definition) is 1. The Bertz CT molecular complexity index is 210. The molecule has 2 heteroatoms. The van der Waals surface area contributed by atoms with Crippen molar-refractivity contribution in [3.8, 4) is 0 Å². The van der Waals surface area contributed by atoms with Crippen LogP contribution in [-0.4, -0.2) is 6.54 Å². The van der Waals surface area contributed by atoms with E-state index in [1.807, 2.05) is 6.07 Å². The van der Waals surface area contributed by atoms with Crippen molar-refractivity contribution >= 4 is 0 Å². The molecule has 0 heterocycles. The molecule has 0 aliphatic heterocycles. The van der Waals surface area contributed by atoms with Crippen LogP contribution in [0.25, 0.3) is 0 Å². The third kappa shape index (κ3) is 2.71. The molecule has 1 nitrogen and oxygen atoms in total. The molecule has 1 rings (SSSR count). The molecular weight excluding hydrogens is 241 g/mol. The van der Waals surface area contributed by atoms with Crippen LogP contribution in [0.4, 0.5) is 0 Å². The van der Waals surface area contributed by atoms with Gasteiger partial charge in [0.25, 0.3) is 0 Å². The van der Waals surface area contributed by atoms with Gasteiger partial charge in [0.05, 0.1) is 0 Å². The summed E-state index contributed by atoms with van der Waals surface area (Å²) in [5.74, 6) is 0.583. The molecule has 1 aromatic carbocycles. The normalized spacial score (nSPS) is 12.9. The molecule has 1 unspecified atom stereocenters. The van der Waals surface area contributed by atoms with Gasteiger partial charge in [-0.3, -0.25) is 0 Å².